The summed E-state index contributed by atoms with van der Waals surface area (Å²) in [6, 6.07) is 0. The molecule has 1 heteroatoms. The fourth-order valence-corrected chi connectivity index (χ4v) is 3.09. The lowest BCUT2D eigenvalue weighted by molar-refractivity contribution is 0.317. The third kappa shape index (κ3) is 9.00. The van der Waals surface area contributed by atoms with Crippen molar-refractivity contribution in [1.82, 2.24) is 0 Å². The highest BCUT2D eigenvalue weighted by Crippen LogP contribution is 2.38. The van der Waals surface area contributed by atoms with Gasteiger partial charge in [0.2, 0.25) is 0 Å². The summed E-state index contributed by atoms with van der Waals surface area (Å²) >= 11 is 0. The molecule has 0 radical (unpaired) electrons. The van der Waals surface area contributed by atoms with Crippen LogP contribution in [0.5, 0.6) is 0 Å². The highest BCUT2D eigenvalue weighted by Gasteiger charge is 2.46. The van der Waals surface area contributed by atoms with Crippen molar-refractivity contribution in [3.63, 3.8) is 0 Å². The Bertz CT molecular complexity index is 222. The molecule has 0 aromatic heterocycles. The topological polar surface area (TPSA) is 12.5 Å². The molecule has 1 nitrogen and oxygen atoms in total. The Morgan fingerprint density at radius 1 is 0.650 bits per heavy atom. The predicted molar refractivity (Wildman–Crippen MR) is 89.3 cm³/mol. The molecule has 120 valence electrons. The molecular weight excluding hydrogens is 244 g/mol. The van der Waals surface area contributed by atoms with E-state index in [1.807, 2.05) is 0 Å². The number of rotatable bonds is 14. The lowest BCUT2D eigenvalue weighted by Crippen LogP contribution is -2.02. The van der Waals surface area contributed by atoms with Gasteiger partial charge in [0.1, 0.15) is 0 Å². The molecule has 1 rings (SSSR count). The Kier molecular flexibility index (Phi) is 9.59. The maximum absolute atomic E-state index is 5.61. The van der Waals surface area contributed by atoms with Crippen LogP contribution in [0.25, 0.3) is 0 Å². The third-order valence-corrected chi connectivity index (χ3v) is 4.73. The van der Waals surface area contributed by atoms with E-state index in [4.69, 9.17) is 4.74 Å². The number of unbranched alkanes of at least 4 members (excludes halogenated alkanes) is 12. The van der Waals surface area contributed by atoms with Gasteiger partial charge in [-0.1, -0.05) is 90.4 Å². The minimum atomic E-state index is 0.205. The van der Waals surface area contributed by atoms with E-state index in [1.54, 1.807) is 0 Å². The van der Waals surface area contributed by atoms with Gasteiger partial charge >= 0.3 is 0 Å². The second kappa shape index (κ2) is 10.7. The SMILES string of the molecule is CCCCCCCCCCCCCCCC1OC1(C)C. The van der Waals surface area contributed by atoms with Gasteiger partial charge in [-0.3, -0.25) is 0 Å². The molecule has 1 heterocycles. The molecule has 1 saturated heterocycles. The highest BCUT2D eigenvalue weighted by atomic mass is 16.6. The maximum atomic E-state index is 5.61. The van der Waals surface area contributed by atoms with Gasteiger partial charge in [-0.15, -0.1) is 0 Å². The lowest BCUT2D eigenvalue weighted by Gasteiger charge is -2.03. The third-order valence-electron chi connectivity index (χ3n) is 4.73. The molecule has 0 saturated carbocycles. The Hall–Kier alpha value is -0.0400. The van der Waals surface area contributed by atoms with Crippen LogP contribution < -0.4 is 0 Å². The van der Waals surface area contributed by atoms with E-state index in [9.17, 15) is 0 Å². The molecule has 0 bridgehead atoms. The van der Waals surface area contributed by atoms with Crippen LogP contribution in [0.15, 0.2) is 0 Å². The van der Waals surface area contributed by atoms with E-state index in [1.165, 1.54) is 89.9 Å². The molecule has 0 amide bonds. The van der Waals surface area contributed by atoms with Crippen molar-refractivity contribution in [2.45, 2.75) is 122 Å². The van der Waals surface area contributed by atoms with Crippen molar-refractivity contribution in [2.24, 2.45) is 0 Å². The summed E-state index contributed by atoms with van der Waals surface area (Å²) in [5.74, 6) is 0. The van der Waals surface area contributed by atoms with Gasteiger partial charge in [0.25, 0.3) is 0 Å². The van der Waals surface area contributed by atoms with Gasteiger partial charge in [-0.05, 0) is 20.3 Å². The van der Waals surface area contributed by atoms with Crippen molar-refractivity contribution < 1.29 is 4.74 Å². The Morgan fingerprint density at radius 3 is 1.35 bits per heavy atom. The maximum Gasteiger partial charge on any atom is 0.0892 e. The molecule has 0 N–H and O–H groups in total. The molecule has 1 atom stereocenters. The number of ether oxygens (including phenoxy) is 1. The van der Waals surface area contributed by atoms with Gasteiger partial charge in [0, 0.05) is 0 Å². The molecule has 1 aliphatic heterocycles. The summed E-state index contributed by atoms with van der Waals surface area (Å²) in [4.78, 5) is 0. The minimum absolute atomic E-state index is 0.205. The zero-order valence-electron chi connectivity index (χ0n) is 14.4. The van der Waals surface area contributed by atoms with Crippen LogP contribution in [-0.2, 0) is 4.74 Å². The Balaban J connectivity index is 1.67. The quantitative estimate of drug-likeness (QED) is 0.257. The van der Waals surface area contributed by atoms with Crippen LogP contribution in [-0.4, -0.2) is 11.7 Å². The molecule has 1 unspecified atom stereocenters. The molecule has 1 aliphatic rings. The largest absolute Gasteiger partial charge is 0.367 e. The smallest absolute Gasteiger partial charge is 0.0892 e. The lowest BCUT2D eigenvalue weighted by atomic mass is 10.0. The van der Waals surface area contributed by atoms with Gasteiger partial charge in [0.15, 0.2) is 0 Å². The van der Waals surface area contributed by atoms with Crippen LogP contribution in [0.1, 0.15) is 111 Å². The zero-order chi connectivity index (χ0) is 14.7. The minimum Gasteiger partial charge on any atom is -0.367 e. The number of hydrogen-bond donors (Lipinski definition) is 0. The molecule has 0 aromatic rings. The van der Waals surface area contributed by atoms with Crippen molar-refractivity contribution in [3.8, 4) is 0 Å². The Labute approximate surface area is 127 Å². The summed E-state index contributed by atoms with van der Waals surface area (Å²) in [7, 11) is 0. The molecule has 0 aromatic carbocycles. The van der Waals surface area contributed by atoms with Crippen LogP contribution in [0, 0.1) is 0 Å². The first kappa shape index (κ1) is 18.0. The van der Waals surface area contributed by atoms with E-state index < -0.39 is 0 Å². The Morgan fingerprint density at radius 2 is 1.00 bits per heavy atom. The van der Waals surface area contributed by atoms with E-state index >= 15 is 0 Å². The summed E-state index contributed by atoms with van der Waals surface area (Å²) in [5.41, 5.74) is 0.205. The normalized spacial score (nSPS) is 20.2. The van der Waals surface area contributed by atoms with Crippen molar-refractivity contribution >= 4 is 0 Å². The first-order valence-electron chi connectivity index (χ1n) is 9.34. The van der Waals surface area contributed by atoms with Crippen molar-refractivity contribution in [2.75, 3.05) is 0 Å². The second-order valence-corrected chi connectivity index (χ2v) is 7.24. The van der Waals surface area contributed by atoms with Gasteiger partial charge in [0.05, 0.1) is 11.7 Å². The average molecular weight is 283 g/mol. The van der Waals surface area contributed by atoms with E-state index in [2.05, 4.69) is 20.8 Å². The van der Waals surface area contributed by atoms with Crippen LogP contribution >= 0.6 is 0 Å². The fourth-order valence-electron chi connectivity index (χ4n) is 3.09. The molecule has 1 fully saturated rings. The monoisotopic (exact) mass is 282 g/mol. The van der Waals surface area contributed by atoms with Gasteiger partial charge < -0.3 is 4.74 Å². The van der Waals surface area contributed by atoms with E-state index in [-0.39, 0.29) is 5.60 Å². The summed E-state index contributed by atoms with van der Waals surface area (Å²) in [5, 5.41) is 0. The van der Waals surface area contributed by atoms with E-state index in [0.717, 1.165) is 0 Å². The second-order valence-electron chi connectivity index (χ2n) is 7.24. The number of hydrogen-bond acceptors (Lipinski definition) is 1. The summed E-state index contributed by atoms with van der Waals surface area (Å²) in [6.07, 6.45) is 20.6. The van der Waals surface area contributed by atoms with Gasteiger partial charge in [-0.25, -0.2) is 0 Å². The average Bonchev–Trinajstić information content (AvgIpc) is 3.02. The number of epoxide rings is 1. The van der Waals surface area contributed by atoms with Crippen molar-refractivity contribution in [1.29, 1.82) is 0 Å². The summed E-state index contributed by atoms with van der Waals surface area (Å²) in [6.45, 7) is 6.71. The highest BCUT2D eigenvalue weighted by molar-refractivity contribution is 4.94. The van der Waals surface area contributed by atoms with Gasteiger partial charge in [-0.2, -0.15) is 0 Å². The van der Waals surface area contributed by atoms with Crippen LogP contribution in [0.2, 0.25) is 0 Å². The fraction of sp³-hybridized carbons (Fsp3) is 1.00. The summed E-state index contributed by atoms with van der Waals surface area (Å²) < 4.78 is 5.61. The zero-order valence-corrected chi connectivity index (χ0v) is 14.4. The van der Waals surface area contributed by atoms with Crippen LogP contribution in [0.4, 0.5) is 0 Å². The first-order valence-corrected chi connectivity index (χ1v) is 9.34. The first-order chi connectivity index (χ1) is 9.67. The predicted octanol–water partition coefficient (Wildman–Crippen LogP) is 6.65. The molecular formula is C19H38O. The standard InChI is InChI=1S/C19H38O/c1-4-5-6-7-8-9-10-11-12-13-14-15-16-17-18-19(2,3)20-18/h18H,4-17H2,1-3H3. The van der Waals surface area contributed by atoms with Crippen molar-refractivity contribution in [3.05, 3.63) is 0 Å². The molecule has 20 heavy (non-hydrogen) atoms. The van der Waals surface area contributed by atoms with E-state index in [0.29, 0.717) is 6.10 Å². The molecule has 0 aliphatic carbocycles. The molecule has 0 spiro atoms. The van der Waals surface area contributed by atoms with Crippen LogP contribution in [0.3, 0.4) is 0 Å².